The second kappa shape index (κ2) is 7.90. The second-order valence-corrected chi connectivity index (χ2v) is 8.04. The molecule has 1 aromatic carbocycles. The van der Waals surface area contributed by atoms with Gasteiger partial charge >= 0.3 is 5.76 Å². The van der Waals surface area contributed by atoms with E-state index in [1.807, 2.05) is 6.92 Å². The number of piperidine rings is 1. The van der Waals surface area contributed by atoms with Gasteiger partial charge in [-0.2, -0.15) is 4.31 Å². The third kappa shape index (κ3) is 3.76. The summed E-state index contributed by atoms with van der Waals surface area (Å²) in [5.41, 5.74) is 0.883. The first-order valence-corrected chi connectivity index (χ1v) is 9.71. The molecule has 2 heterocycles. The van der Waals surface area contributed by atoms with Crippen LogP contribution in [0.4, 0.5) is 0 Å². The highest BCUT2D eigenvalue weighted by molar-refractivity contribution is 7.89. The van der Waals surface area contributed by atoms with E-state index in [-0.39, 0.29) is 23.3 Å². The number of fused-ring (bicyclic) bond motifs is 1. The zero-order chi connectivity index (χ0) is 17.3. The molecule has 1 aliphatic heterocycles. The number of halogens is 1. The molecule has 1 aliphatic rings. The van der Waals surface area contributed by atoms with Crippen LogP contribution in [0.1, 0.15) is 26.2 Å². The van der Waals surface area contributed by atoms with Crippen molar-refractivity contribution in [1.29, 1.82) is 0 Å². The maximum Gasteiger partial charge on any atom is 0.419 e. The van der Waals surface area contributed by atoms with E-state index >= 15 is 0 Å². The van der Waals surface area contributed by atoms with Crippen LogP contribution in [0.2, 0.25) is 0 Å². The van der Waals surface area contributed by atoms with Crippen LogP contribution < -0.4 is 11.1 Å². The largest absolute Gasteiger partial charge is 0.419 e. The van der Waals surface area contributed by atoms with Crippen LogP contribution >= 0.6 is 12.4 Å². The molecule has 0 amide bonds. The molecule has 0 aliphatic carbocycles. The molecule has 1 N–H and O–H groups in total. The van der Waals surface area contributed by atoms with Crippen molar-refractivity contribution >= 4 is 33.5 Å². The Kier molecular flexibility index (Phi) is 6.31. The fourth-order valence-corrected chi connectivity index (χ4v) is 5.02. The monoisotopic (exact) mass is 389 g/mol. The Morgan fingerprint density at radius 2 is 2.00 bits per heavy atom. The summed E-state index contributed by atoms with van der Waals surface area (Å²) in [6, 6.07) is 4.64. The average Bonchev–Trinajstić information content (AvgIpc) is 2.87. The van der Waals surface area contributed by atoms with Gasteiger partial charge in [-0.1, -0.05) is 6.92 Å². The van der Waals surface area contributed by atoms with Crippen LogP contribution in [0.25, 0.3) is 11.1 Å². The topological polar surface area (TPSA) is 84.6 Å². The Labute approximate surface area is 153 Å². The molecule has 1 saturated heterocycles. The molecule has 3 rings (SSSR count). The Morgan fingerprint density at radius 3 is 2.64 bits per heavy atom. The lowest BCUT2D eigenvalue weighted by molar-refractivity contribution is 0.262. The van der Waals surface area contributed by atoms with E-state index in [2.05, 4.69) is 5.32 Å². The minimum Gasteiger partial charge on any atom is -0.408 e. The van der Waals surface area contributed by atoms with Crippen LogP contribution in [0, 0.1) is 0 Å². The number of benzene rings is 1. The number of sulfonamides is 1. The molecule has 7 nitrogen and oxygen atoms in total. The van der Waals surface area contributed by atoms with E-state index in [1.54, 1.807) is 23.5 Å². The number of hydrogen-bond donors (Lipinski definition) is 1. The molecule has 1 aromatic heterocycles. The number of aromatic nitrogens is 1. The Bertz CT molecular complexity index is 884. The maximum absolute atomic E-state index is 13.1. The van der Waals surface area contributed by atoms with Crippen LogP contribution in [-0.4, -0.2) is 43.0 Å². The molecule has 1 fully saturated rings. The van der Waals surface area contributed by atoms with E-state index < -0.39 is 15.8 Å². The number of nitrogens with one attached hydrogen (secondary N) is 1. The van der Waals surface area contributed by atoms with Crippen molar-refractivity contribution in [2.24, 2.45) is 7.05 Å². The molecular weight excluding hydrogens is 366 g/mol. The predicted octanol–water partition coefficient (Wildman–Crippen LogP) is 1.71. The van der Waals surface area contributed by atoms with Gasteiger partial charge < -0.3 is 9.73 Å². The van der Waals surface area contributed by atoms with Crippen LogP contribution in [0.15, 0.2) is 32.3 Å². The predicted molar refractivity (Wildman–Crippen MR) is 98.8 cm³/mol. The summed E-state index contributed by atoms with van der Waals surface area (Å²) in [6.07, 6.45) is 2.37. The van der Waals surface area contributed by atoms with Gasteiger partial charge in [-0.05, 0) is 44.5 Å². The van der Waals surface area contributed by atoms with E-state index in [0.717, 1.165) is 32.4 Å². The molecule has 0 atom stereocenters. The molecule has 0 spiro atoms. The van der Waals surface area contributed by atoms with E-state index in [9.17, 15) is 13.2 Å². The summed E-state index contributed by atoms with van der Waals surface area (Å²) in [5, 5.41) is 3.26. The normalized spacial score (nSPS) is 16.3. The Hall–Kier alpha value is -1.35. The molecule has 0 unspecified atom stereocenters. The minimum atomic E-state index is -3.62. The Balaban J connectivity index is 0.00000225. The van der Waals surface area contributed by atoms with Crippen LogP contribution in [-0.2, 0) is 17.1 Å². The number of hydrogen-bond acceptors (Lipinski definition) is 5. The van der Waals surface area contributed by atoms with Crippen molar-refractivity contribution in [3.8, 4) is 0 Å². The molecule has 0 bridgehead atoms. The van der Waals surface area contributed by atoms with Crippen molar-refractivity contribution in [2.75, 3.05) is 19.6 Å². The van der Waals surface area contributed by atoms with Crippen LogP contribution in [0.3, 0.4) is 0 Å². The molecule has 0 radical (unpaired) electrons. The lowest BCUT2D eigenvalue weighted by Crippen LogP contribution is -2.46. The van der Waals surface area contributed by atoms with Gasteiger partial charge in [0.2, 0.25) is 10.0 Å². The number of oxazole rings is 1. The van der Waals surface area contributed by atoms with Gasteiger partial charge in [-0.15, -0.1) is 12.4 Å². The van der Waals surface area contributed by atoms with E-state index in [0.29, 0.717) is 17.6 Å². The number of rotatable bonds is 5. The minimum absolute atomic E-state index is 0. The molecule has 25 heavy (non-hydrogen) atoms. The molecule has 140 valence electrons. The summed E-state index contributed by atoms with van der Waals surface area (Å²) < 4.78 is 34.4. The van der Waals surface area contributed by atoms with Gasteiger partial charge in [0.15, 0.2) is 5.58 Å². The first-order chi connectivity index (χ1) is 11.4. The lowest BCUT2D eigenvalue weighted by atomic mass is 10.1. The summed E-state index contributed by atoms with van der Waals surface area (Å²) >= 11 is 0. The second-order valence-electron chi connectivity index (χ2n) is 6.15. The number of aryl methyl sites for hydroxylation is 1. The van der Waals surface area contributed by atoms with Crippen molar-refractivity contribution in [3.05, 3.63) is 28.7 Å². The van der Waals surface area contributed by atoms with Gasteiger partial charge in [0.25, 0.3) is 0 Å². The summed E-state index contributed by atoms with van der Waals surface area (Å²) in [7, 11) is -2.03. The lowest BCUT2D eigenvalue weighted by Gasteiger charge is -2.33. The van der Waals surface area contributed by atoms with Crippen molar-refractivity contribution in [3.63, 3.8) is 0 Å². The first kappa shape index (κ1) is 20.0. The SMILES string of the molecule is CCCN(C1CCNCC1)S(=O)(=O)c1ccc2c(c1)oc(=O)n2C.Cl. The van der Waals surface area contributed by atoms with Gasteiger partial charge in [0.05, 0.1) is 10.4 Å². The molecule has 9 heteroatoms. The third-order valence-electron chi connectivity index (χ3n) is 4.53. The van der Waals surface area contributed by atoms with Gasteiger partial charge in [0, 0.05) is 25.7 Å². The van der Waals surface area contributed by atoms with Crippen molar-refractivity contribution in [2.45, 2.75) is 37.1 Å². The van der Waals surface area contributed by atoms with Crippen LogP contribution in [0.5, 0.6) is 0 Å². The standard InChI is InChI=1S/C16H23N3O4S.ClH/c1-3-10-19(12-6-8-17-9-7-12)24(21,22)13-4-5-14-15(11-13)23-16(20)18(14)2;/h4-5,11-12,17H,3,6-10H2,1-2H3;1H. The van der Waals surface area contributed by atoms with Gasteiger partial charge in [-0.25, -0.2) is 13.2 Å². The first-order valence-electron chi connectivity index (χ1n) is 8.27. The van der Waals surface area contributed by atoms with Gasteiger partial charge in [-0.3, -0.25) is 4.57 Å². The molecule has 2 aromatic rings. The highest BCUT2D eigenvalue weighted by Crippen LogP contribution is 2.25. The highest BCUT2D eigenvalue weighted by Gasteiger charge is 2.32. The Morgan fingerprint density at radius 1 is 1.32 bits per heavy atom. The average molecular weight is 390 g/mol. The zero-order valence-corrected chi connectivity index (χ0v) is 16.0. The molecular formula is C16H24ClN3O4S. The summed E-state index contributed by atoms with van der Waals surface area (Å²) in [5.74, 6) is -0.497. The summed E-state index contributed by atoms with van der Waals surface area (Å²) in [6.45, 7) is 4.12. The van der Waals surface area contributed by atoms with Crippen molar-refractivity contribution < 1.29 is 12.8 Å². The van der Waals surface area contributed by atoms with E-state index in [1.165, 1.54) is 10.6 Å². The van der Waals surface area contributed by atoms with E-state index in [4.69, 9.17) is 4.42 Å². The zero-order valence-electron chi connectivity index (χ0n) is 14.4. The summed E-state index contributed by atoms with van der Waals surface area (Å²) in [4.78, 5) is 11.8. The fourth-order valence-electron chi connectivity index (χ4n) is 3.22. The third-order valence-corrected chi connectivity index (χ3v) is 6.48. The smallest absolute Gasteiger partial charge is 0.408 e. The maximum atomic E-state index is 13.1. The number of nitrogens with zero attached hydrogens (tertiary/aromatic N) is 2. The van der Waals surface area contributed by atoms with Crippen molar-refractivity contribution in [1.82, 2.24) is 14.2 Å². The quantitative estimate of drug-likeness (QED) is 0.841. The fraction of sp³-hybridized carbons (Fsp3) is 0.562. The van der Waals surface area contributed by atoms with Gasteiger partial charge in [0.1, 0.15) is 0 Å². The molecule has 0 saturated carbocycles. The highest BCUT2D eigenvalue weighted by atomic mass is 35.5.